The summed E-state index contributed by atoms with van der Waals surface area (Å²) in [7, 11) is 0. The fourth-order valence-electron chi connectivity index (χ4n) is 2.29. The highest BCUT2D eigenvalue weighted by Gasteiger charge is 2.31. The summed E-state index contributed by atoms with van der Waals surface area (Å²) in [6, 6.07) is 0.0369. The Hall–Kier alpha value is -0.520. The molecule has 0 aromatic rings. The Labute approximate surface area is 115 Å². The second-order valence-corrected chi connectivity index (χ2v) is 5.03. The number of amides is 2. The van der Waals surface area contributed by atoms with Crippen LogP contribution < -0.4 is 5.32 Å². The van der Waals surface area contributed by atoms with E-state index in [-0.39, 0.29) is 24.5 Å². The first kappa shape index (κ1) is 15.5. The summed E-state index contributed by atoms with van der Waals surface area (Å²) in [6.07, 6.45) is 2.20. The molecule has 1 saturated carbocycles. The van der Waals surface area contributed by atoms with Gasteiger partial charge in [-0.1, -0.05) is 0 Å². The van der Waals surface area contributed by atoms with Gasteiger partial charge < -0.3 is 15.3 Å². The third kappa shape index (κ3) is 4.30. The molecule has 1 unspecified atom stereocenters. The van der Waals surface area contributed by atoms with E-state index in [0.29, 0.717) is 12.5 Å². The summed E-state index contributed by atoms with van der Waals surface area (Å²) in [4.78, 5) is 15.7. The van der Waals surface area contributed by atoms with Crippen LogP contribution in [-0.4, -0.2) is 66.3 Å². The Morgan fingerprint density at radius 1 is 1.33 bits per heavy atom. The summed E-state index contributed by atoms with van der Waals surface area (Å²) in [5, 5.41) is 12.7. The van der Waals surface area contributed by atoms with Crippen molar-refractivity contribution in [3.63, 3.8) is 0 Å². The molecule has 6 heteroatoms. The molecule has 2 aliphatic rings. The van der Waals surface area contributed by atoms with Crippen LogP contribution in [0.1, 0.15) is 19.8 Å². The van der Waals surface area contributed by atoms with E-state index in [2.05, 4.69) is 10.2 Å². The van der Waals surface area contributed by atoms with Gasteiger partial charge in [0.15, 0.2) is 0 Å². The smallest absolute Gasteiger partial charge is 0.317 e. The maximum atomic E-state index is 11.6. The Morgan fingerprint density at radius 2 is 1.94 bits per heavy atom. The molecule has 0 bridgehead atoms. The standard InChI is InChI=1S/C12H23N3O2.ClH/c1-2-13-12(17)15-7-5-14(6-8-15)9-11(16)10-3-4-10;/h10-11,16H,2-9H2,1H3,(H,13,17);1H. The molecule has 1 aliphatic heterocycles. The molecule has 5 nitrogen and oxygen atoms in total. The van der Waals surface area contributed by atoms with Gasteiger partial charge in [-0.05, 0) is 25.7 Å². The number of hydrogen-bond acceptors (Lipinski definition) is 3. The monoisotopic (exact) mass is 277 g/mol. The van der Waals surface area contributed by atoms with Crippen LogP contribution in [0.15, 0.2) is 0 Å². The number of β-amino-alcohol motifs (C(OH)–C–C–N with tert-alkyl or cyclic N) is 1. The van der Waals surface area contributed by atoms with Crippen molar-refractivity contribution in [2.45, 2.75) is 25.9 Å². The van der Waals surface area contributed by atoms with E-state index in [9.17, 15) is 9.90 Å². The topological polar surface area (TPSA) is 55.8 Å². The van der Waals surface area contributed by atoms with Gasteiger partial charge >= 0.3 is 6.03 Å². The average molecular weight is 278 g/mol. The minimum Gasteiger partial charge on any atom is -0.392 e. The highest BCUT2D eigenvalue weighted by Crippen LogP contribution is 2.32. The van der Waals surface area contributed by atoms with Gasteiger partial charge in [-0.3, -0.25) is 4.90 Å². The number of carbonyl (C=O) groups excluding carboxylic acids is 1. The number of nitrogens with zero attached hydrogens (tertiary/aromatic N) is 2. The zero-order chi connectivity index (χ0) is 12.3. The Kier molecular flexibility index (Phi) is 6.18. The summed E-state index contributed by atoms with van der Waals surface area (Å²) >= 11 is 0. The van der Waals surface area contributed by atoms with Crippen LogP contribution in [0.4, 0.5) is 4.79 Å². The highest BCUT2D eigenvalue weighted by molar-refractivity contribution is 5.85. The van der Waals surface area contributed by atoms with E-state index in [4.69, 9.17) is 0 Å². The number of carbonyl (C=O) groups is 1. The fraction of sp³-hybridized carbons (Fsp3) is 0.917. The molecule has 0 spiro atoms. The van der Waals surface area contributed by atoms with Crippen molar-refractivity contribution in [1.29, 1.82) is 0 Å². The van der Waals surface area contributed by atoms with Crippen molar-refractivity contribution in [2.24, 2.45) is 5.92 Å². The molecule has 1 atom stereocenters. The van der Waals surface area contributed by atoms with Gasteiger partial charge in [0.1, 0.15) is 0 Å². The number of urea groups is 1. The van der Waals surface area contributed by atoms with E-state index in [1.54, 1.807) is 0 Å². The van der Waals surface area contributed by atoms with Crippen molar-refractivity contribution >= 4 is 18.4 Å². The normalized spacial score (nSPS) is 22.2. The number of halogens is 1. The van der Waals surface area contributed by atoms with Crippen molar-refractivity contribution in [3.05, 3.63) is 0 Å². The van der Waals surface area contributed by atoms with E-state index in [1.807, 2.05) is 11.8 Å². The first-order chi connectivity index (χ1) is 8.20. The van der Waals surface area contributed by atoms with E-state index in [1.165, 1.54) is 12.8 Å². The van der Waals surface area contributed by atoms with Crippen molar-refractivity contribution in [3.8, 4) is 0 Å². The Morgan fingerprint density at radius 3 is 2.44 bits per heavy atom. The molecule has 1 saturated heterocycles. The van der Waals surface area contributed by atoms with Crippen LogP contribution in [0.25, 0.3) is 0 Å². The lowest BCUT2D eigenvalue weighted by Crippen LogP contribution is -2.53. The summed E-state index contributed by atoms with van der Waals surface area (Å²) < 4.78 is 0. The number of rotatable bonds is 4. The van der Waals surface area contributed by atoms with E-state index < -0.39 is 0 Å². The first-order valence-electron chi connectivity index (χ1n) is 6.64. The Bertz CT molecular complexity index is 266. The number of aliphatic hydroxyl groups is 1. The van der Waals surface area contributed by atoms with Crippen molar-refractivity contribution in [1.82, 2.24) is 15.1 Å². The zero-order valence-corrected chi connectivity index (χ0v) is 11.8. The largest absolute Gasteiger partial charge is 0.392 e. The van der Waals surface area contributed by atoms with Crippen molar-refractivity contribution < 1.29 is 9.90 Å². The molecule has 2 fully saturated rings. The molecule has 2 N–H and O–H groups in total. The number of nitrogens with one attached hydrogen (secondary N) is 1. The maximum Gasteiger partial charge on any atom is 0.317 e. The molecular formula is C12H24ClN3O2. The van der Waals surface area contributed by atoms with Crippen molar-refractivity contribution in [2.75, 3.05) is 39.3 Å². The SMILES string of the molecule is CCNC(=O)N1CCN(CC(O)C2CC2)CC1.Cl. The molecule has 0 aromatic heterocycles. The van der Waals surface area contributed by atoms with Crippen LogP contribution in [0.5, 0.6) is 0 Å². The number of hydrogen-bond donors (Lipinski definition) is 2. The maximum absolute atomic E-state index is 11.6. The predicted octanol–water partition coefficient (Wildman–Crippen LogP) is 0.526. The minimum absolute atomic E-state index is 0. The molecule has 1 heterocycles. The average Bonchev–Trinajstić information content (AvgIpc) is 3.14. The van der Waals surface area contributed by atoms with Crippen LogP contribution in [0.3, 0.4) is 0 Å². The van der Waals surface area contributed by atoms with E-state index >= 15 is 0 Å². The van der Waals surface area contributed by atoms with Crippen LogP contribution in [0, 0.1) is 5.92 Å². The third-order valence-electron chi connectivity index (χ3n) is 3.60. The first-order valence-corrected chi connectivity index (χ1v) is 6.64. The minimum atomic E-state index is -0.161. The molecular weight excluding hydrogens is 254 g/mol. The molecule has 2 rings (SSSR count). The second-order valence-electron chi connectivity index (χ2n) is 5.03. The van der Waals surface area contributed by atoms with Crippen LogP contribution >= 0.6 is 12.4 Å². The molecule has 0 radical (unpaired) electrons. The summed E-state index contributed by atoms with van der Waals surface area (Å²) in [5.74, 6) is 0.538. The van der Waals surface area contributed by atoms with Crippen LogP contribution in [-0.2, 0) is 0 Å². The van der Waals surface area contributed by atoms with Gasteiger partial charge in [0.05, 0.1) is 6.10 Å². The van der Waals surface area contributed by atoms with Crippen LogP contribution in [0.2, 0.25) is 0 Å². The van der Waals surface area contributed by atoms with Gasteiger partial charge in [-0.15, -0.1) is 12.4 Å². The molecule has 106 valence electrons. The highest BCUT2D eigenvalue weighted by atomic mass is 35.5. The molecule has 0 aromatic carbocycles. The molecule has 1 aliphatic carbocycles. The fourth-order valence-corrected chi connectivity index (χ4v) is 2.29. The number of aliphatic hydroxyl groups excluding tert-OH is 1. The lowest BCUT2D eigenvalue weighted by molar-refractivity contribution is 0.0697. The third-order valence-corrected chi connectivity index (χ3v) is 3.60. The summed E-state index contributed by atoms with van der Waals surface area (Å²) in [6.45, 7) is 6.67. The quantitative estimate of drug-likeness (QED) is 0.788. The van der Waals surface area contributed by atoms with Gasteiger partial charge in [-0.2, -0.15) is 0 Å². The van der Waals surface area contributed by atoms with E-state index in [0.717, 1.165) is 32.7 Å². The van der Waals surface area contributed by atoms with Gasteiger partial charge in [0.2, 0.25) is 0 Å². The van der Waals surface area contributed by atoms with Gasteiger partial charge in [-0.25, -0.2) is 4.79 Å². The lowest BCUT2D eigenvalue weighted by Gasteiger charge is -2.35. The molecule has 2 amide bonds. The van der Waals surface area contributed by atoms with Gasteiger partial charge in [0, 0.05) is 39.3 Å². The predicted molar refractivity (Wildman–Crippen MR) is 73.1 cm³/mol. The van der Waals surface area contributed by atoms with Gasteiger partial charge in [0.25, 0.3) is 0 Å². The Balaban J connectivity index is 0.00000162. The lowest BCUT2D eigenvalue weighted by atomic mass is 10.2. The number of piperazine rings is 1. The molecule has 18 heavy (non-hydrogen) atoms. The zero-order valence-electron chi connectivity index (χ0n) is 11.0. The summed E-state index contributed by atoms with van der Waals surface area (Å²) in [5.41, 5.74) is 0. The second kappa shape index (κ2) is 7.16.